The highest BCUT2D eigenvalue weighted by Crippen LogP contribution is 2.21. The quantitative estimate of drug-likeness (QED) is 0.236. The zero-order valence-corrected chi connectivity index (χ0v) is 19.0. The van der Waals surface area contributed by atoms with Gasteiger partial charge in [0.25, 0.3) is 5.91 Å². The molecule has 0 saturated carbocycles. The van der Waals surface area contributed by atoms with Gasteiger partial charge in [-0.1, -0.05) is 12.1 Å². The number of esters is 1. The molecular formula is C21H27Cl2N5O4. The highest BCUT2D eigenvalue weighted by Gasteiger charge is 2.14. The Hall–Kier alpha value is -2.85. The molecule has 1 saturated heterocycles. The molecule has 1 heterocycles. The van der Waals surface area contributed by atoms with E-state index in [0.29, 0.717) is 23.5 Å². The number of amides is 1. The molecule has 11 heteroatoms. The Bertz CT molecular complexity index is 915. The maximum Gasteiger partial charge on any atom is 0.345 e. The summed E-state index contributed by atoms with van der Waals surface area (Å²) in [5.41, 5.74) is 11.8. The third-order valence-corrected chi connectivity index (χ3v) is 4.52. The Balaban J connectivity index is 0.00000256. The molecular weight excluding hydrogens is 457 g/mol. The van der Waals surface area contributed by atoms with E-state index in [2.05, 4.69) is 15.2 Å². The van der Waals surface area contributed by atoms with Gasteiger partial charge in [-0.25, -0.2) is 9.79 Å². The third-order valence-electron chi connectivity index (χ3n) is 4.52. The third kappa shape index (κ3) is 8.01. The fraction of sp³-hybridized carbons (Fsp3) is 0.286. The monoisotopic (exact) mass is 483 g/mol. The second kappa shape index (κ2) is 13.5. The Labute approximate surface area is 199 Å². The van der Waals surface area contributed by atoms with Crippen LogP contribution >= 0.6 is 24.8 Å². The van der Waals surface area contributed by atoms with E-state index < -0.39 is 5.97 Å². The molecule has 2 aromatic rings. The maximum absolute atomic E-state index is 12.5. The summed E-state index contributed by atoms with van der Waals surface area (Å²) in [6, 6.07) is 12.9. The van der Waals surface area contributed by atoms with Crippen molar-refractivity contribution in [1.82, 2.24) is 10.2 Å². The summed E-state index contributed by atoms with van der Waals surface area (Å²) in [7, 11) is 0. The highest BCUT2D eigenvalue weighted by atomic mass is 35.5. The smallest absolute Gasteiger partial charge is 0.345 e. The van der Waals surface area contributed by atoms with E-state index in [9.17, 15) is 9.59 Å². The molecule has 0 bridgehead atoms. The molecule has 32 heavy (non-hydrogen) atoms. The number of benzene rings is 2. The van der Waals surface area contributed by atoms with Crippen molar-refractivity contribution >= 4 is 48.3 Å². The van der Waals surface area contributed by atoms with Crippen LogP contribution in [0.2, 0.25) is 0 Å². The largest absolute Gasteiger partial charge is 0.423 e. The van der Waals surface area contributed by atoms with E-state index in [1.54, 1.807) is 48.5 Å². The summed E-state index contributed by atoms with van der Waals surface area (Å²) in [4.78, 5) is 30.9. The first-order valence-electron chi connectivity index (χ1n) is 9.62. The van der Waals surface area contributed by atoms with E-state index >= 15 is 0 Å². The number of nitrogens with one attached hydrogen (secondary N) is 1. The number of nitrogens with two attached hydrogens (primary N) is 2. The van der Waals surface area contributed by atoms with Gasteiger partial charge in [-0.3, -0.25) is 9.69 Å². The lowest BCUT2D eigenvalue weighted by Crippen LogP contribution is -2.41. The van der Waals surface area contributed by atoms with Gasteiger partial charge in [-0.15, -0.1) is 24.8 Å². The summed E-state index contributed by atoms with van der Waals surface area (Å²) in [6.07, 6.45) is 0. The molecule has 174 valence electrons. The SMILES string of the molecule is Cl.Cl.NC(N)=Nc1ccccc1C(=O)Oc1ccc(C(=O)NCCN2CCOCC2)cc1. The van der Waals surface area contributed by atoms with Gasteiger partial charge in [0.05, 0.1) is 24.5 Å². The van der Waals surface area contributed by atoms with E-state index in [1.807, 2.05) is 0 Å². The van der Waals surface area contributed by atoms with Gasteiger partial charge in [-0.2, -0.15) is 0 Å². The first-order valence-corrected chi connectivity index (χ1v) is 9.62. The Morgan fingerprint density at radius 1 is 1.03 bits per heavy atom. The summed E-state index contributed by atoms with van der Waals surface area (Å²) < 4.78 is 10.7. The Morgan fingerprint density at radius 2 is 1.69 bits per heavy atom. The Morgan fingerprint density at radius 3 is 2.34 bits per heavy atom. The number of guanidine groups is 1. The second-order valence-corrected chi connectivity index (χ2v) is 6.68. The minimum atomic E-state index is -0.599. The van der Waals surface area contributed by atoms with Gasteiger partial charge >= 0.3 is 5.97 Å². The molecule has 0 atom stereocenters. The summed E-state index contributed by atoms with van der Waals surface area (Å²) >= 11 is 0. The van der Waals surface area contributed by atoms with Crippen LogP contribution in [0.25, 0.3) is 0 Å². The molecule has 1 fully saturated rings. The summed E-state index contributed by atoms with van der Waals surface area (Å²) in [6.45, 7) is 4.54. The van der Waals surface area contributed by atoms with Crippen molar-refractivity contribution in [2.45, 2.75) is 0 Å². The average molecular weight is 484 g/mol. The van der Waals surface area contributed by atoms with Gasteiger partial charge in [0.15, 0.2) is 5.96 Å². The van der Waals surface area contributed by atoms with Crippen molar-refractivity contribution in [3.8, 4) is 5.75 Å². The van der Waals surface area contributed by atoms with E-state index in [4.69, 9.17) is 20.9 Å². The molecule has 3 rings (SSSR count). The second-order valence-electron chi connectivity index (χ2n) is 6.68. The number of hydrogen-bond donors (Lipinski definition) is 3. The molecule has 0 unspecified atom stereocenters. The molecule has 9 nitrogen and oxygen atoms in total. The number of hydrogen-bond acceptors (Lipinski definition) is 6. The number of halogens is 2. The zero-order valence-electron chi connectivity index (χ0n) is 17.4. The van der Waals surface area contributed by atoms with Crippen LogP contribution in [0, 0.1) is 0 Å². The van der Waals surface area contributed by atoms with Crippen molar-refractivity contribution in [3.05, 3.63) is 59.7 Å². The number of carbonyl (C=O) groups is 2. The lowest BCUT2D eigenvalue weighted by molar-refractivity contribution is 0.0383. The summed E-state index contributed by atoms with van der Waals surface area (Å²) in [5.74, 6) is -0.624. The fourth-order valence-corrected chi connectivity index (χ4v) is 2.97. The van der Waals surface area contributed by atoms with Gasteiger partial charge < -0.3 is 26.3 Å². The predicted molar refractivity (Wildman–Crippen MR) is 127 cm³/mol. The molecule has 1 amide bonds. The number of ether oxygens (including phenoxy) is 2. The lowest BCUT2D eigenvalue weighted by Gasteiger charge is -2.26. The van der Waals surface area contributed by atoms with Crippen LogP contribution in [-0.4, -0.2) is 62.1 Å². The van der Waals surface area contributed by atoms with Crippen LogP contribution in [0.15, 0.2) is 53.5 Å². The average Bonchev–Trinajstić information content (AvgIpc) is 2.75. The van der Waals surface area contributed by atoms with Crippen molar-refractivity contribution < 1.29 is 19.1 Å². The van der Waals surface area contributed by atoms with Gasteiger partial charge in [0.2, 0.25) is 0 Å². The summed E-state index contributed by atoms with van der Waals surface area (Å²) in [5, 5.41) is 2.89. The van der Waals surface area contributed by atoms with Crippen LogP contribution in [0.3, 0.4) is 0 Å². The lowest BCUT2D eigenvalue weighted by atomic mass is 10.2. The van der Waals surface area contributed by atoms with Crippen molar-refractivity contribution in [2.75, 3.05) is 39.4 Å². The standard InChI is InChI=1S/C21H25N5O4.2ClH/c22-21(23)25-18-4-2-1-3-17(18)20(28)30-16-7-5-15(6-8-16)19(27)24-9-10-26-11-13-29-14-12-26;;/h1-8H,9-14H2,(H,24,27)(H4,22,23,25);2*1H. The number of nitrogens with zero attached hydrogens (tertiary/aromatic N) is 2. The van der Waals surface area contributed by atoms with Gasteiger partial charge in [0, 0.05) is 31.7 Å². The zero-order chi connectivity index (χ0) is 21.3. The minimum Gasteiger partial charge on any atom is -0.423 e. The van der Waals surface area contributed by atoms with E-state index in [-0.39, 0.29) is 42.2 Å². The van der Waals surface area contributed by atoms with Crippen LogP contribution in [0.1, 0.15) is 20.7 Å². The van der Waals surface area contributed by atoms with E-state index in [0.717, 1.165) is 32.8 Å². The number of rotatable bonds is 7. The van der Waals surface area contributed by atoms with E-state index in [1.165, 1.54) is 0 Å². The minimum absolute atomic E-state index is 0. The van der Waals surface area contributed by atoms with Crippen LogP contribution < -0.4 is 21.5 Å². The molecule has 1 aliphatic rings. The Kier molecular flexibility index (Phi) is 11.5. The topological polar surface area (TPSA) is 132 Å². The number of para-hydroxylation sites is 1. The number of aliphatic imine (C=N–C) groups is 1. The molecule has 5 N–H and O–H groups in total. The highest BCUT2D eigenvalue weighted by molar-refractivity contribution is 5.98. The molecule has 1 aliphatic heterocycles. The number of morpholine rings is 1. The molecule has 0 aromatic heterocycles. The molecule has 0 spiro atoms. The maximum atomic E-state index is 12.5. The van der Waals surface area contributed by atoms with Gasteiger partial charge in [-0.05, 0) is 36.4 Å². The predicted octanol–water partition coefficient (Wildman–Crippen LogP) is 1.72. The first-order chi connectivity index (χ1) is 14.5. The molecule has 2 aromatic carbocycles. The number of carbonyl (C=O) groups excluding carboxylic acids is 2. The van der Waals surface area contributed by atoms with Crippen molar-refractivity contribution in [3.63, 3.8) is 0 Å². The van der Waals surface area contributed by atoms with Crippen molar-refractivity contribution in [2.24, 2.45) is 16.5 Å². The van der Waals surface area contributed by atoms with Crippen LogP contribution in [0.5, 0.6) is 5.75 Å². The first kappa shape index (κ1) is 27.2. The van der Waals surface area contributed by atoms with Crippen LogP contribution in [0.4, 0.5) is 5.69 Å². The van der Waals surface area contributed by atoms with Crippen LogP contribution in [-0.2, 0) is 4.74 Å². The molecule has 0 aliphatic carbocycles. The van der Waals surface area contributed by atoms with Crippen molar-refractivity contribution in [1.29, 1.82) is 0 Å². The normalized spacial score (nSPS) is 13.1. The molecule has 0 radical (unpaired) electrons. The van der Waals surface area contributed by atoms with Gasteiger partial charge in [0.1, 0.15) is 5.75 Å². The fourth-order valence-electron chi connectivity index (χ4n) is 2.97.